The molecule has 0 fully saturated rings. The number of quaternary nitrogens is 1. The number of likely N-dealkylation sites (N-methyl/N-ethyl adjacent to an activating group) is 1. The van der Waals surface area contributed by atoms with Crippen LogP contribution in [0.4, 0.5) is 10.1 Å². The van der Waals surface area contributed by atoms with Crippen LogP contribution in [0.3, 0.4) is 0 Å². The minimum Gasteiger partial charge on any atom is -0.493 e. The van der Waals surface area contributed by atoms with E-state index in [1.165, 1.54) is 18.2 Å². The Morgan fingerprint density at radius 3 is 2.46 bits per heavy atom. The largest absolute Gasteiger partial charge is 0.493 e. The molecule has 0 spiro atoms. The fourth-order valence-corrected chi connectivity index (χ4v) is 2.82. The highest BCUT2D eigenvalue weighted by Crippen LogP contribution is 2.29. The van der Waals surface area contributed by atoms with Crippen molar-refractivity contribution in [2.45, 2.75) is 13.5 Å². The topological polar surface area (TPSA) is 52.0 Å². The molecular formula is C19H23ClFN2O3+. The van der Waals surface area contributed by atoms with Crippen molar-refractivity contribution < 1.29 is 23.6 Å². The lowest BCUT2D eigenvalue weighted by atomic mass is 10.1. The molecule has 0 aliphatic rings. The maximum absolute atomic E-state index is 13.8. The first-order valence-corrected chi connectivity index (χ1v) is 8.49. The van der Waals surface area contributed by atoms with Crippen molar-refractivity contribution in [3.05, 3.63) is 52.3 Å². The number of methoxy groups -OCH3 is 2. The zero-order valence-corrected chi connectivity index (χ0v) is 16.0. The number of hydrogen-bond acceptors (Lipinski definition) is 3. The van der Waals surface area contributed by atoms with Crippen molar-refractivity contribution in [3.63, 3.8) is 0 Å². The number of rotatable bonds is 7. The van der Waals surface area contributed by atoms with Crippen molar-refractivity contribution in [1.82, 2.24) is 0 Å². The minimum absolute atomic E-state index is 0.120. The van der Waals surface area contributed by atoms with Crippen molar-refractivity contribution in [1.29, 1.82) is 0 Å². The predicted octanol–water partition coefficient (Wildman–Crippen LogP) is 2.46. The number of benzene rings is 2. The third-order valence-corrected chi connectivity index (χ3v) is 4.24. The van der Waals surface area contributed by atoms with Gasteiger partial charge in [-0.05, 0) is 42.8 Å². The number of carbonyl (C=O) groups is 1. The summed E-state index contributed by atoms with van der Waals surface area (Å²) >= 11 is 5.71. The van der Waals surface area contributed by atoms with Gasteiger partial charge in [-0.2, -0.15) is 0 Å². The number of halogens is 2. The zero-order valence-electron chi connectivity index (χ0n) is 15.3. The molecule has 1 atom stereocenters. The van der Waals surface area contributed by atoms with Crippen molar-refractivity contribution >= 4 is 23.2 Å². The first kappa shape index (κ1) is 20.0. The molecule has 0 radical (unpaired) electrons. The van der Waals surface area contributed by atoms with E-state index < -0.39 is 5.82 Å². The SMILES string of the molecule is COc1cc(C)c(C[NH+](C)CC(=O)Nc2ccc(Cl)cc2F)cc1OC. The van der Waals surface area contributed by atoms with E-state index in [0.29, 0.717) is 18.0 Å². The second kappa shape index (κ2) is 8.87. The van der Waals surface area contributed by atoms with E-state index in [1.807, 2.05) is 26.1 Å². The minimum atomic E-state index is -0.556. The average Bonchev–Trinajstić information content (AvgIpc) is 2.58. The van der Waals surface area contributed by atoms with Crippen LogP contribution in [0.25, 0.3) is 0 Å². The molecule has 0 aliphatic carbocycles. The van der Waals surface area contributed by atoms with E-state index in [0.717, 1.165) is 16.0 Å². The molecule has 2 aromatic carbocycles. The van der Waals surface area contributed by atoms with E-state index >= 15 is 0 Å². The molecule has 0 aliphatic heterocycles. The number of nitrogens with one attached hydrogen (secondary N) is 2. The normalized spacial score (nSPS) is 11.8. The Balaban J connectivity index is 2.01. The van der Waals surface area contributed by atoms with Gasteiger partial charge < -0.3 is 19.7 Å². The van der Waals surface area contributed by atoms with Crippen LogP contribution in [-0.2, 0) is 11.3 Å². The van der Waals surface area contributed by atoms with Gasteiger partial charge in [0.25, 0.3) is 5.91 Å². The van der Waals surface area contributed by atoms with E-state index in [4.69, 9.17) is 21.1 Å². The van der Waals surface area contributed by atoms with Gasteiger partial charge in [0.2, 0.25) is 0 Å². The Morgan fingerprint density at radius 1 is 1.19 bits per heavy atom. The molecule has 0 saturated carbocycles. The molecule has 2 N–H and O–H groups in total. The van der Waals surface area contributed by atoms with Gasteiger partial charge in [0.15, 0.2) is 18.0 Å². The lowest BCUT2D eigenvalue weighted by Crippen LogP contribution is -3.08. The molecule has 2 aromatic rings. The molecule has 0 saturated heterocycles. The van der Waals surface area contributed by atoms with E-state index in [-0.39, 0.29) is 23.2 Å². The lowest BCUT2D eigenvalue weighted by molar-refractivity contribution is -0.885. The summed E-state index contributed by atoms with van der Waals surface area (Å²) in [6.07, 6.45) is 0. The standard InChI is InChI=1S/C19H22ClFN2O3/c1-12-7-17(25-3)18(26-4)8-13(12)10-23(2)11-19(24)22-16-6-5-14(20)9-15(16)21/h5-9H,10-11H2,1-4H3,(H,22,24)/p+1. The second-order valence-electron chi connectivity index (χ2n) is 6.12. The van der Waals surface area contributed by atoms with Crippen molar-refractivity contribution in [2.24, 2.45) is 0 Å². The fourth-order valence-electron chi connectivity index (χ4n) is 2.66. The maximum Gasteiger partial charge on any atom is 0.279 e. The third kappa shape index (κ3) is 5.09. The van der Waals surface area contributed by atoms with E-state index in [1.54, 1.807) is 14.2 Å². The van der Waals surface area contributed by atoms with Crippen LogP contribution in [0, 0.1) is 12.7 Å². The number of ether oxygens (including phenoxy) is 2. The molecule has 2 rings (SSSR count). The summed E-state index contributed by atoms with van der Waals surface area (Å²) in [6, 6.07) is 7.97. The van der Waals surface area contributed by atoms with Crippen LogP contribution in [0.15, 0.2) is 30.3 Å². The van der Waals surface area contributed by atoms with E-state index in [9.17, 15) is 9.18 Å². The van der Waals surface area contributed by atoms with Gasteiger partial charge in [-0.1, -0.05) is 11.6 Å². The summed E-state index contributed by atoms with van der Waals surface area (Å²) in [7, 11) is 5.07. The monoisotopic (exact) mass is 381 g/mol. The summed E-state index contributed by atoms with van der Waals surface area (Å²) in [5.74, 6) is 0.483. The van der Waals surface area contributed by atoms with Crippen molar-refractivity contribution in [2.75, 3.05) is 33.1 Å². The molecule has 1 amide bonds. The number of amides is 1. The summed E-state index contributed by atoms with van der Waals surface area (Å²) in [4.78, 5) is 13.1. The molecule has 1 unspecified atom stereocenters. The van der Waals surface area contributed by atoms with Crippen LogP contribution < -0.4 is 19.7 Å². The van der Waals surface area contributed by atoms with Gasteiger partial charge in [0.05, 0.1) is 27.0 Å². The number of anilines is 1. The molecular weight excluding hydrogens is 359 g/mol. The first-order valence-electron chi connectivity index (χ1n) is 8.11. The van der Waals surface area contributed by atoms with Crippen LogP contribution in [0.2, 0.25) is 5.02 Å². The molecule has 7 heteroatoms. The highest BCUT2D eigenvalue weighted by Gasteiger charge is 2.16. The first-order chi connectivity index (χ1) is 12.3. The third-order valence-electron chi connectivity index (χ3n) is 4.00. The summed E-state index contributed by atoms with van der Waals surface area (Å²) in [5, 5.41) is 2.86. The van der Waals surface area contributed by atoms with Crippen LogP contribution >= 0.6 is 11.6 Å². The fraction of sp³-hybridized carbons (Fsp3) is 0.316. The Bertz CT molecular complexity index is 799. The summed E-state index contributed by atoms with van der Waals surface area (Å²) in [5.41, 5.74) is 2.21. The Morgan fingerprint density at radius 2 is 1.85 bits per heavy atom. The number of aryl methyl sites for hydroxylation is 1. The van der Waals surface area contributed by atoms with Gasteiger partial charge in [-0.3, -0.25) is 4.79 Å². The molecule has 26 heavy (non-hydrogen) atoms. The highest BCUT2D eigenvalue weighted by atomic mass is 35.5. The Kier molecular flexibility index (Phi) is 6.83. The molecule has 0 aromatic heterocycles. The predicted molar refractivity (Wildman–Crippen MR) is 99.8 cm³/mol. The molecule has 5 nitrogen and oxygen atoms in total. The average molecular weight is 382 g/mol. The highest BCUT2D eigenvalue weighted by molar-refractivity contribution is 6.30. The molecule has 0 bridgehead atoms. The Labute approximate surface area is 157 Å². The number of carbonyl (C=O) groups excluding carboxylic acids is 1. The lowest BCUT2D eigenvalue weighted by Gasteiger charge is -2.17. The zero-order chi connectivity index (χ0) is 19.3. The molecule has 0 heterocycles. The summed E-state index contributed by atoms with van der Waals surface area (Å²) < 4.78 is 24.4. The van der Waals surface area contributed by atoms with Crippen molar-refractivity contribution in [3.8, 4) is 11.5 Å². The van der Waals surface area contributed by atoms with Crippen LogP contribution in [0.1, 0.15) is 11.1 Å². The van der Waals surface area contributed by atoms with Crippen LogP contribution in [-0.4, -0.2) is 33.7 Å². The maximum atomic E-state index is 13.8. The quantitative estimate of drug-likeness (QED) is 0.774. The molecule has 140 valence electrons. The van der Waals surface area contributed by atoms with Gasteiger partial charge in [-0.25, -0.2) is 4.39 Å². The second-order valence-corrected chi connectivity index (χ2v) is 6.55. The Hall–Kier alpha value is -2.31. The number of hydrogen-bond donors (Lipinski definition) is 2. The van der Waals surface area contributed by atoms with Gasteiger partial charge in [0, 0.05) is 10.6 Å². The van der Waals surface area contributed by atoms with E-state index in [2.05, 4.69) is 5.32 Å². The smallest absolute Gasteiger partial charge is 0.279 e. The van der Waals surface area contributed by atoms with Gasteiger partial charge in [0.1, 0.15) is 12.4 Å². The van der Waals surface area contributed by atoms with Gasteiger partial charge in [-0.15, -0.1) is 0 Å². The van der Waals surface area contributed by atoms with Gasteiger partial charge >= 0.3 is 0 Å². The summed E-state index contributed by atoms with van der Waals surface area (Å²) in [6.45, 7) is 2.78. The van der Waals surface area contributed by atoms with Crippen LogP contribution in [0.5, 0.6) is 11.5 Å².